The van der Waals surface area contributed by atoms with Crippen LogP contribution in [0.5, 0.6) is 0 Å². The second-order valence-corrected chi connectivity index (χ2v) is 5.29. The van der Waals surface area contributed by atoms with Gasteiger partial charge in [-0.05, 0) is 12.1 Å². The molecule has 0 bridgehead atoms. The van der Waals surface area contributed by atoms with Crippen molar-refractivity contribution in [2.75, 3.05) is 26.2 Å². The molecule has 0 aliphatic carbocycles. The summed E-state index contributed by atoms with van der Waals surface area (Å²) in [6.45, 7) is 0.871. The summed E-state index contributed by atoms with van der Waals surface area (Å²) >= 11 is 5.51. The molecule has 0 unspecified atom stereocenters. The molecule has 0 amide bonds. The number of piperazine rings is 1. The Morgan fingerprint density at radius 3 is 2.23 bits per heavy atom. The van der Waals surface area contributed by atoms with Gasteiger partial charge in [0.1, 0.15) is 5.82 Å². The molecule has 1 aliphatic rings. The second kappa shape index (κ2) is 6.64. The first kappa shape index (κ1) is 17.4. The Hall–Kier alpha value is -0.990. The van der Waals surface area contributed by atoms with Crippen molar-refractivity contribution in [2.45, 2.75) is 18.6 Å². The van der Waals surface area contributed by atoms with E-state index in [1.807, 2.05) is 0 Å². The lowest BCUT2D eigenvalue weighted by Gasteiger charge is -2.35. The Balaban J connectivity index is 2.57. The number of benzene rings is 1. The Bertz CT molecular complexity index is 528. The highest BCUT2D eigenvalue weighted by Crippen LogP contribution is 2.41. The van der Waals surface area contributed by atoms with E-state index in [1.165, 1.54) is 0 Å². The van der Waals surface area contributed by atoms with Crippen molar-refractivity contribution in [3.63, 3.8) is 0 Å². The van der Waals surface area contributed by atoms with Gasteiger partial charge in [0.05, 0.1) is 16.6 Å². The van der Waals surface area contributed by atoms with Crippen LogP contribution < -0.4 is 5.32 Å². The van der Waals surface area contributed by atoms with Crippen molar-refractivity contribution in [1.29, 1.82) is 0 Å². The van der Waals surface area contributed by atoms with E-state index in [0.717, 1.165) is 11.0 Å². The molecule has 0 aromatic heterocycles. The van der Waals surface area contributed by atoms with Crippen LogP contribution in [0.3, 0.4) is 0 Å². The minimum atomic E-state index is -4.94. The molecule has 1 heterocycles. The third-order valence-electron chi connectivity index (χ3n) is 3.52. The lowest BCUT2D eigenvalue weighted by molar-refractivity contribution is -0.139. The molecular weight excluding hydrogens is 334 g/mol. The molecule has 0 radical (unpaired) electrons. The molecule has 1 N–H and O–H groups in total. The van der Waals surface area contributed by atoms with Crippen molar-refractivity contribution in [3.8, 4) is 0 Å². The Labute approximate surface area is 128 Å². The maximum Gasteiger partial charge on any atom is 0.416 e. The second-order valence-electron chi connectivity index (χ2n) is 4.89. The number of nitrogens with one attached hydrogen (secondary N) is 1. The van der Waals surface area contributed by atoms with Crippen molar-refractivity contribution < 1.29 is 26.3 Å². The lowest BCUT2D eigenvalue weighted by atomic mass is 9.97. The topological polar surface area (TPSA) is 15.3 Å². The van der Waals surface area contributed by atoms with Crippen LogP contribution in [-0.2, 0) is 6.18 Å². The quantitative estimate of drug-likeness (QED) is 0.839. The van der Waals surface area contributed by atoms with Crippen molar-refractivity contribution >= 4 is 11.6 Å². The van der Waals surface area contributed by atoms with E-state index in [4.69, 9.17) is 11.6 Å². The predicted octanol–water partition coefficient (Wildman–Crippen LogP) is 3.71. The van der Waals surface area contributed by atoms with Crippen LogP contribution in [-0.4, -0.2) is 37.5 Å². The molecule has 1 aromatic rings. The van der Waals surface area contributed by atoms with E-state index >= 15 is 0 Å². The molecule has 2 nitrogen and oxygen atoms in total. The molecule has 2 rings (SSSR count). The fourth-order valence-corrected chi connectivity index (χ4v) is 2.70. The molecule has 9 heteroatoms. The summed E-state index contributed by atoms with van der Waals surface area (Å²) < 4.78 is 80.2. The highest BCUT2D eigenvalue weighted by Gasteiger charge is 2.42. The normalized spacial score (nSPS) is 18.7. The highest BCUT2D eigenvalue weighted by molar-refractivity contribution is 6.30. The van der Waals surface area contributed by atoms with Crippen LogP contribution in [0.25, 0.3) is 0 Å². The summed E-state index contributed by atoms with van der Waals surface area (Å²) in [5.41, 5.74) is -2.50. The van der Waals surface area contributed by atoms with E-state index in [0.29, 0.717) is 19.2 Å². The zero-order valence-electron chi connectivity index (χ0n) is 11.2. The Kier molecular flexibility index (Phi) is 5.24. The van der Waals surface area contributed by atoms with Gasteiger partial charge in [-0.25, -0.2) is 13.2 Å². The SMILES string of the molecule is Fc1c(Cl)ccc(C(F)(F)F)c1[C@H](C(F)F)N1CCNCC1. The van der Waals surface area contributed by atoms with Crippen molar-refractivity contribution in [3.05, 3.63) is 34.1 Å². The average molecular weight is 347 g/mol. The lowest BCUT2D eigenvalue weighted by Crippen LogP contribution is -2.47. The van der Waals surface area contributed by atoms with Crippen molar-refractivity contribution in [1.82, 2.24) is 10.2 Å². The van der Waals surface area contributed by atoms with Crippen LogP contribution in [0.1, 0.15) is 17.2 Å². The van der Waals surface area contributed by atoms with E-state index < -0.39 is 40.6 Å². The van der Waals surface area contributed by atoms with Gasteiger partial charge in [-0.2, -0.15) is 13.2 Å². The first-order valence-electron chi connectivity index (χ1n) is 6.51. The van der Waals surface area contributed by atoms with Gasteiger partial charge in [-0.3, -0.25) is 4.90 Å². The summed E-state index contributed by atoms with van der Waals surface area (Å²) in [4.78, 5) is 1.14. The average Bonchev–Trinajstić information content (AvgIpc) is 2.43. The van der Waals surface area contributed by atoms with E-state index in [9.17, 15) is 26.3 Å². The van der Waals surface area contributed by atoms with E-state index in [1.54, 1.807) is 0 Å². The molecule has 0 spiro atoms. The summed E-state index contributed by atoms with van der Waals surface area (Å²) in [6.07, 6.45) is -8.12. The summed E-state index contributed by atoms with van der Waals surface area (Å²) in [7, 11) is 0. The number of rotatable bonds is 3. The zero-order chi connectivity index (χ0) is 16.5. The molecule has 22 heavy (non-hydrogen) atoms. The maximum atomic E-state index is 14.2. The molecule has 1 aliphatic heterocycles. The third kappa shape index (κ3) is 3.49. The smallest absolute Gasteiger partial charge is 0.314 e. The monoisotopic (exact) mass is 346 g/mol. The van der Waals surface area contributed by atoms with Gasteiger partial charge in [-0.1, -0.05) is 11.6 Å². The first-order chi connectivity index (χ1) is 10.2. The van der Waals surface area contributed by atoms with Gasteiger partial charge in [0.25, 0.3) is 6.43 Å². The Morgan fingerprint density at radius 1 is 1.14 bits per heavy atom. The van der Waals surface area contributed by atoms with Crippen LogP contribution >= 0.6 is 11.6 Å². The van der Waals surface area contributed by atoms with E-state index in [-0.39, 0.29) is 13.1 Å². The summed E-state index contributed by atoms with van der Waals surface area (Å²) in [6, 6.07) is -0.723. The Morgan fingerprint density at radius 2 is 1.73 bits per heavy atom. The highest BCUT2D eigenvalue weighted by atomic mass is 35.5. The number of alkyl halides is 5. The fourth-order valence-electron chi connectivity index (χ4n) is 2.53. The number of hydrogen-bond donors (Lipinski definition) is 1. The fraction of sp³-hybridized carbons (Fsp3) is 0.538. The molecule has 1 atom stereocenters. The zero-order valence-corrected chi connectivity index (χ0v) is 12.0. The molecule has 1 aromatic carbocycles. The predicted molar refractivity (Wildman–Crippen MR) is 69.6 cm³/mol. The minimum Gasteiger partial charge on any atom is -0.314 e. The molecule has 1 saturated heterocycles. The first-order valence-corrected chi connectivity index (χ1v) is 6.89. The maximum absolute atomic E-state index is 14.2. The molecule has 1 fully saturated rings. The largest absolute Gasteiger partial charge is 0.416 e. The van der Waals surface area contributed by atoms with Crippen LogP contribution in [0.2, 0.25) is 5.02 Å². The molecule has 0 saturated carbocycles. The van der Waals surface area contributed by atoms with Gasteiger partial charge in [0.2, 0.25) is 0 Å². The third-order valence-corrected chi connectivity index (χ3v) is 3.81. The van der Waals surface area contributed by atoms with E-state index in [2.05, 4.69) is 5.32 Å². The van der Waals surface area contributed by atoms with Crippen LogP contribution in [0.15, 0.2) is 12.1 Å². The number of nitrogens with zero attached hydrogens (tertiary/aromatic N) is 1. The van der Waals surface area contributed by atoms with Gasteiger partial charge in [-0.15, -0.1) is 0 Å². The van der Waals surface area contributed by atoms with Crippen molar-refractivity contribution in [2.24, 2.45) is 0 Å². The van der Waals surface area contributed by atoms with Gasteiger partial charge >= 0.3 is 6.18 Å². The van der Waals surface area contributed by atoms with Gasteiger partial charge in [0, 0.05) is 31.7 Å². The van der Waals surface area contributed by atoms with Gasteiger partial charge < -0.3 is 5.32 Å². The number of hydrogen-bond acceptors (Lipinski definition) is 2. The van der Waals surface area contributed by atoms with Gasteiger partial charge in [0.15, 0.2) is 0 Å². The summed E-state index contributed by atoms with van der Waals surface area (Å²) in [5, 5.41) is 2.29. The van der Waals surface area contributed by atoms with Crippen LogP contribution in [0, 0.1) is 5.82 Å². The minimum absolute atomic E-state index is 0.0955. The van der Waals surface area contributed by atoms with Crippen LogP contribution in [0.4, 0.5) is 26.3 Å². The number of halogens is 7. The molecule has 124 valence electrons. The summed E-state index contributed by atoms with van der Waals surface area (Å²) in [5.74, 6) is -1.44. The standard InChI is InChI=1S/C13H13ClF6N2/c14-8-2-1-7(13(18,19)20)9(10(8)15)11(12(16)17)22-5-3-21-4-6-22/h1-2,11-12,21H,3-6H2/t11-/m1/s1. The molecular formula is C13H13ClF6N2.